The highest BCUT2D eigenvalue weighted by Crippen LogP contribution is 2.33. The van der Waals surface area contributed by atoms with E-state index in [1.165, 1.54) is 25.3 Å². The van der Waals surface area contributed by atoms with Gasteiger partial charge in [0.2, 0.25) is 0 Å². The van der Waals surface area contributed by atoms with Gasteiger partial charge in [-0.15, -0.1) is 10.2 Å². The molecule has 9 heteroatoms. The highest BCUT2D eigenvalue weighted by molar-refractivity contribution is 7.99. The lowest BCUT2D eigenvalue weighted by Gasteiger charge is -2.25. The first-order chi connectivity index (χ1) is 13.5. The van der Waals surface area contributed by atoms with Crippen LogP contribution < -0.4 is 5.32 Å². The number of hydrogen-bond donors (Lipinski definition) is 1. The van der Waals surface area contributed by atoms with Gasteiger partial charge in [-0.1, -0.05) is 37.1 Å². The highest BCUT2D eigenvalue weighted by Gasteiger charge is 2.30. The third kappa shape index (κ3) is 5.41. The predicted octanol–water partition coefficient (Wildman–Crippen LogP) is 5.15. The number of alkyl halides is 3. The molecule has 1 fully saturated rings. The second-order valence-corrected chi connectivity index (χ2v) is 7.90. The van der Waals surface area contributed by atoms with Gasteiger partial charge < -0.3 is 14.6 Å². The Hall–Kier alpha value is -1.74. The van der Waals surface area contributed by atoms with Gasteiger partial charge in [-0.25, -0.2) is 0 Å². The van der Waals surface area contributed by atoms with Gasteiger partial charge in [0.25, 0.3) is 0 Å². The summed E-state index contributed by atoms with van der Waals surface area (Å²) in [7, 11) is 1.66. The van der Waals surface area contributed by atoms with Crippen LogP contribution >= 0.6 is 11.8 Å². The first-order valence-electron chi connectivity index (χ1n) is 9.45. The number of benzene rings is 1. The molecule has 1 aromatic carbocycles. The number of ether oxygens (including phenoxy) is 1. The lowest BCUT2D eigenvalue weighted by Crippen LogP contribution is -2.18. The summed E-state index contributed by atoms with van der Waals surface area (Å²) < 4.78 is 46.0. The molecule has 0 bridgehead atoms. The summed E-state index contributed by atoms with van der Waals surface area (Å²) in [5.74, 6) is 1.53. The van der Waals surface area contributed by atoms with Gasteiger partial charge in [0.05, 0.1) is 18.7 Å². The molecule has 0 amide bonds. The molecule has 1 aliphatic rings. The molecule has 154 valence electrons. The third-order valence-corrected chi connectivity index (χ3v) is 5.74. The fourth-order valence-electron chi connectivity index (χ4n) is 3.44. The van der Waals surface area contributed by atoms with Gasteiger partial charge >= 0.3 is 6.18 Å². The van der Waals surface area contributed by atoms with E-state index in [2.05, 4.69) is 20.1 Å². The Morgan fingerprint density at radius 2 is 2.00 bits per heavy atom. The van der Waals surface area contributed by atoms with E-state index < -0.39 is 11.7 Å². The van der Waals surface area contributed by atoms with E-state index in [1.54, 1.807) is 24.9 Å². The molecule has 1 aliphatic carbocycles. The molecule has 1 N–H and O–H groups in total. The Balaban J connectivity index is 1.75. The van der Waals surface area contributed by atoms with Crippen molar-refractivity contribution in [3.8, 4) is 0 Å². The maximum atomic E-state index is 12.9. The lowest BCUT2D eigenvalue weighted by molar-refractivity contribution is -0.137. The van der Waals surface area contributed by atoms with Crippen LogP contribution in [0.3, 0.4) is 0 Å². The molecule has 3 rings (SSSR count). The molecule has 0 aliphatic heterocycles. The first kappa shape index (κ1) is 21.0. The zero-order chi connectivity index (χ0) is 20.0. The SMILES string of the molecule is COCCSc1nnc(CNc2cccc(C(F)(F)F)c2)n1C1CCCCC1. The summed E-state index contributed by atoms with van der Waals surface area (Å²) in [5.41, 5.74) is -0.247. The maximum absolute atomic E-state index is 12.9. The molecule has 0 atom stereocenters. The first-order valence-corrected chi connectivity index (χ1v) is 10.4. The topological polar surface area (TPSA) is 52.0 Å². The Morgan fingerprint density at radius 3 is 2.71 bits per heavy atom. The van der Waals surface area contributed by atoms with Crippen molar-refractivity contribution in [2.24, 2.45) is 0 Å². The minimum Gasteiger partial charge on any atom is -0.384 e. The monoisotopic (exact) mass is 414 g/mol. The molecule has 0 unspecified atom stereocenters. The lowest BCUT2D eigenvalue weighted by atomic mass is 9.95. The molecule has 0 spiro atoms. The fraction of sp³-hybridized carbons (Fsp3) is 0.579. The van der Waals surface area contributed by atoms with Crippen molar-refractivity contribution in [1.29, 1.82) is 0 Å². The van der Waals surface area contributed by atoms with E-state index in [1.807, 2.05) is 0 Å². The van der Waals surface area contributed by atoms with Gasteiger partial charge in [-0.3, -0.25) is 0 Å². The van der Waals surface area contributed by atoms with Crippen LogP contribution in [0.2, 0.25) is 0 Å². The Morgan fingerprint density at radius 1 is 1.21 bits per heavy atom. The fourth-order valence-corrected chi connectivity index (χ4v) is 4.36. The van der Waals surface area contributed by atoms with E-state index >= 15 is 0 Å². The molecule has 1 aromatic heterocycles. The largest absolute Gasteiger partial charge is 0.416 e. The predicted molar refractivity (Wildman–Crippen MR) is 104 cm³/mol. The summed E-state index contributed by atoms with van der Waals surface area (Å²) in [5, 5.41) is 12.6. The van der Waals surface area contributed by atoms with E-state index in [0.29, 0.717) is 24.9 Å². The van der Waals surface area contributed by atoms with Crippen molar-refractivity contribution in [3.63, 3.8) is 0 Å². The Kier molecular flexibility index (Phi) is 7.23. The average molecular weight is 414 g/mol. The number of rotatable bonds is 8. The van der Waals surface area contributed by atoms with Crippen LogP contribution in [-0.2, 0) is 17.5 Å². The van der Waals surface area contributed by atoms with Crippen molar-refractivity contribution in [2.75, 3.05) is 24.8 Å². The maximum Gasteiger partial charge on any atom is 0.416 e. The zero-order valence-electron chi connectivity index (χ0n) is 15.8. The highest BCUT2D eigenvalue weighted by atomic mass is 32.2. The van der Waals surface area contributed by atoms with Gasteiger partial charge in [0.15, 0.2) is 11.0 Å². The Labute approximate surface area is 167 Å². The number of methoxy groups -OCH3 is 1. The minimum atomic E-state index is -4.36. The van der Waals surface area contributed by atoms with Crippen molar-refractivity contribution < 1.29 is 17.9 Å². The minimum absolute atomic E-state index is 0.329. The van der Waals surface area contributed by atoms with Gasteiger partial charge in [-0.2, -0.15) is 13.2 Å². The molecule has 1 heterocycles. The normalized spacial score (nSPS) is 15.7. The summed E-state index contributed by atoms with van der Waals surface area (Å²) in [6.07, 6.45) is 1.38. The average Bonchev–Trinajstić information content (AvgIpc) is 3.10. The van der Waals surface area contributed by atoms with Crippen LogP contribution in [0, 0.1) is 0 Å². The summed E-state index contributed by atoms with van der Waals surface area (Å²) in [6, 6.07) is 5.57. The molecule has 2 aromatic rings. The van der Waals surface area contributed by atoms with Crippen LogP contribution in [0.25, 0.3) is 0 Å². The second-order valence-electron chi connectivity index (χ2n) is 6.83. The number of nitrogens with one attached hydrogen (secondary N) is 1. The van der Waals surface area contributed by atoms with E-state index in [9.17, 15) is 13.2 Å². The number of nitrogens with zero attached hydrogens (tertiary/aromatic N) is 3. The number of anilines is 1. The van der Waals surface area contributed by atoms with Gasteiger partial charge in [0.1, 0.15) is 0 Å². The number of aromatic nitrogens is 3. The molecule has 0 saturated heterocycles. The van der Waals surface area contributed by atoms with Crippen molar-refractivity contribution in [3.05, 3.63) is 35.7 Å². The molecular weight excluding hydrogens is 389 g/mol. The summed E-state index contributed by atoms with van der Waals surface area (Å²) >= 11 is 1.60. The number of hydrogen-bond acceptors (Lipinski definition) is 5. The summed E-state index contributed by atoms with van der Waals surface area (Å²) in [4.78, 5) is 0. The van der Waals surface area contributed by atoms with Crippen LogP contribution in [0.15, 0.2) is 29.4 Å². The smallest absolute Gasteiger partial charge is 0.384 e. The van der Waals surface area contributed by atoms with Crippen LogP contribution in [0.4, 0.5) is 18.9 Å². The van der Waals surface area contributed by atoms with Gasteiger partial charge in [-0.05, 0) is 31.0 Å². The molecule has 0 radical (unpaired) electrons. The van der Waals surface area contributed by atoms with Crippen molar-refractivity contribution in [2.45, 2.75) is 56.0 Å². The van der Waals surface area contributed by atoms with E-state index in [4.69, 9.17) is 4.74 Å². The molecule has 1 saturated carbocycles. The van der Waals surface area contributed by atoms with Crippen LogP contribution in [0.5, 0.6) is 0 Å². The number of thioether (sulfide) groups is 1. The van der Waals surface area contributed by atoms with Gasteiger partial charge in [0, 0.05) is 24.6 Å². The zero-order valence-corrected chi connectivity index (χ0v) is 16.7. The van der Waals surface area contributed by atoms with Crippen molar-refractivity contribution in [1.82, 2.24) is 14.8 Å². The standard InChI is InChI=1S/C19H25F3N4OS/c1-27-10-11-28-18-25-24-17(26(18)16-8-3-2-4-9-16)13-23-15-7-5-6-14(12-15)19(20,21)22/h5-7,12,16,23H,2-4,8-11,13H2,1H3. The summed E-state index contributed by atoms with van der Waals surface area (Å²) in [6.45, 7) is 0.954. The molecule has 5 nitrogen and oxygen atoms in total. The third-order valence-electron chi connectivity index (χ3n) is 4.83. The van der Waals surface area contributed by atoms with E-state index in [0.717, 1.165) is 41.7 Å². The molecule has 28 heavy (non-hydrogen) atoms. The second kappa shape index (κ2) is 9.65. The number of halogens is 3. The van der Waals surface area contributed by atoms with Crippen LogP contribution in [-0.4, -0.2) is 34.2 Å². The van der Waals surface area contributed by atoms with E-state index in [-0.39, 0.29) is 0 Å². The quantitative estimate of drug-likeness (QED) is 0.478. The van der Waals surface area contributed by atoms with Crippen molar-refractivity contribution >= 4 is 17.4 Å². The van der Waals surface area contributed by atoms with Crippen LogP contribution in [0.1, 0.15) is 49.5 Å². The Bertz CT molecular complexity index is 760. The molecular formula is C19H25F3N4OS.